The molecule has 1 rings (SSSR count). The molecule has 1 heterocycles. The number of aliphatic imine (C=N–C) groups is 1. The summed E-state index contributed by atoms with van der Waals surface area (Å²) in [5, 5.41) is 9.66. The molecule has 1 fully saturated rings. The van der Waals surface area contributed by atoms with Gasteiger partial charge in [0.1, 0.15) is 0 Å². The van der Waals surface area contributed by atoms with Crippen LogP contribution in [0.1, 0.15) is 46.5 Å². The van der Waals surface area contributed by atoms with Gasteiger partial charge in [-0.15, -0.1) is 0 Å². The number of carbonyl (C=O) groups is 1. The van der Waals surface area contributed by atoms with E-state index in [-0.39, 0.29) is 11.8 Å². The van der Waals surface area contributed by atoms with Gasteiger partial charge >= 0.3 is 0 Å². The van der Waals surface area contributed by atoms with E-state index in [1.54, 1.807) is 7.05 Å². The molecule has 0 unspecified atom stereocenters. The van der Waals surface area contributed by atoms with E-state index >= 15 is 0 Å². The average Bonchev–Trinajstić information content (AvgIpc) is 2.56. The molecular weight excluding hydrogens is 290 g/mol. The highest BCUT2D eigenvalue weighted by atomic mass is 16.1. The van der Waals surface area contributed by atoms with Crippen LogP contribution in [-0.4, -0.2) is 62.6 Å². The zero-order valence-electron chi connectivity index (χ0n) is 15.3. The largest absolute Gasteiger partial charge is 0.355 e. The van der Waals surface area contributed by atoms with Crippen LogP contribution in [0.15, 0.2) is 4.99 Å². The van der Waals surface area contributed by atoms with Crippen molar-refractivity contribution in [3.8, 4) is 0 Å². The molecule has 0 aliphatic carbocycles. The van der Waals surface area contributed by atoms with E-state index in [0.29, 0.717) is 19.1 Å². The third kappa shape index (κ3) is 8.21. The Balaban J connectivity index is 2.18. The Bertz CT molecular complexity index is 362. The van der Waals surface area contributed by atoms with Crippen molar-refractivity contribution < 1.29 is 4.79 Å². The molecule has 0 aromatic rings. The lowest BCUT2D eigenvalue weighted by Crippen LogP contribution is -2.49. The number of hydrogen-bond donors (Lipinski definition) is 3. The van der Waals surface area contributed by atoms with Gasteiger partial charge in [-0.2, -0.15) is 0 Å². The Morgan fingerprint density at radius 1 is 1.22 bits per heavy atom. The van der Waals surface area contributed by atoms with Crippen molar-refractivity contribution in [2.45, 2.75) is 52.5 Å². The number of unbranched alkanes of at least 4 members (excludes halogenated alkanes) is 1. The lowest BCUT2D eigenvalue weighted by Gasteiger charge is -2.33. The first kappa shape index (κ1) is 19.7. The molecule has 23 heavy (non-hydrogen) atoms. The number of amides is 1. The summed E-state index contributed by atoms with van der Waals surface area (Å²) in [7, 11) is 1.79. The molecule has 1 aliphatic rings. The SMILES string of the molecule is CCCCN1CCC(NC(=NC)NCCNC(=O)C(C)C)CC1. The summed E-state index contributed by atoms with van der Waals surface area (Å²) in [5.41, 5.74) is 0. The second-order valence-electron chi connectivity index (χ2n) is 6.56. The van der Waals surface area contributed by atoms with Gasteiger partial charge in [0.15, 0.2) is 5.96 Å². The number of nitrogens with one attached hydrogen (secondary N) is 3. The van der Waals surface area contributed by atoms with Gasteiger partial charge in [0, 0.05) is 45.2 Å². The van der Waals surface area contributed by atoms with E-state index < -0.39 is 0 Å². The highest BCUT2D eigenvalue weighted by Gasteiger charge is 2.19. The lowest BCUT2D eigenvalue weighted by molar-refractivity contribution is -0.123. The zero-order chi connectivity index (χ0) is 17.1. The predicted molar refractivity (Wildman–Crippen MR) is 96.7 cm³/mol. The molecule has 0 radical (unpaired) electrons. The van der Waals surface area contributed by atoms with Crippen molar-refractivity contribution in [2.75, 3.05) is 39.8 Å². The summed E-state index contributed by atoms with van der Waals surface area (Å²) in [4.78, 5) is 18.3. The third-order valence-corrected chi connectivity index (χ3v) is 4.22. The minimum atomic E-state index is 0.0327. The molecular formula is C17H35N5O. The van der Waals surface area contributed by atoms with Gasteiger partial charge in [0.25, 0.3) is 0 Å². The van der Waals surface area contributed by atoms with E-state index in [4.69, 9.17) is 0 Å². The van der Waals surface area contributed by atoms with Crippen LogP contribution in [0, 0.1) is 5.92 Å². The van der Waals surface area contributed by atoms with Crippen molar-refractivity contribution in [3.63, 3.8) is 0 Å². The summed E-state index contributed by atoms with van der Waals surface area (Å²) < 4.78 is 0. The van der Waals surface area contributed by atoms with Crippen molar-refractivity contribution in [1.82, 2.24) is 20.9 Å². The lowest BCUT2D eigenvalue weighted by atomic mass is 10.0. The number of carbonyl (C=O) groups excluding carboxylic acids is 1. The Hall–Kier alpha value is -1.30. The fourth-order valence-corrected chi connectivity index (χ4v) is 2.64. The minimum Gasteiger partial charge on any atom is -0.355 e. The maximum absolute atomic E-state index is 11.5. The molecule has 1 saturated heterocycles. The molecule has 0 spiro atoms. The quantitative estimate of drug-likeness (QED) is 0.356. The summed E-state index contributed by atoms with van der Waals surface area (Å²) in [6, 6.07) is 0.490. The van der Waals surface area contributed by atoms with Crippen LogP contribution in [0.5, 0.6) is 0 Å². The molecule has 6 heteroatoms. The summed E-state index contributed by atoms with van der Waals surface area (Å²) >= 11 is 0. The third-order valence-electron chi connectivity index (χ3n) is 4.22. The Morgan fingerprint density at radius 2 is 1.87 bits per heavy atom. The van der Waals surface area contributed by atoms with Crippen LogP contribution in [0.4, 0.5) is 0 Å². The maximum atomic E-state index is 11.5. The smallest absolute Gasteiger partial charge is 0.222 e. The standard InChI is InChI=1S/C17H35N5O/c1-5-6-11-22-12-7-15(8-13-22)21-17(18-4)20-10-9-19-16(23)14(2)3/h14-15H,5-13H2,1-4H3,(H,19,23)(H2,18,20,21). The molecule has 6 nitrogen and oxygen atoms in total. The van der Waals surface area contributed by atoms with Crippen LogP contribution in [0.3, 0.4) is 0 Å². The molecule has 3 N–H and O–H groups in total. The van der Waals surface area contributed by atoms with Gasteiger partial charge in [-0.1, -0.05) is 27.2 Å². The van der Waals surface area contributed by atoms with Crippen LogP contribution in [0.25, 0.3) is 0 Å². The van der Waals surface area contributed by atoms with Gasteiger partial charge < -0.3 is 20.9 Å². The number of rotatable bonds is 8. The highest BCUT2D eigenvalue weighted by molar-refractivity contribution is 5.80. The first-order valence-corrected chi connectivity index (χ1v) is 9.04. The summed E-state index contributed by atoms with van der Waals surface area (Å²) in [6.45, 7) is 10.9. The van der Waals surface area contributed by atoms with Crippen molar-refractivity contribution in [3.05, 3.63) is 0 Å². The Kier molecular flexibility index (Phi) is 9.67. The molecule has 1 amide bonds. The van der Waals surface area contributed by atoms with Gasteiger partial charge in [-0.3, -0.25) is 9.79 Å². The van der Waals surface area contributed by atoms with Crippen LogP contribution < -0.4 is 16.0 Å². The van der Waals surface area contributed by atoms with Crippen LogP contribution >= 0.6 is 0 Å². The molecule has 1 aliphatic heterocycles. The Morgan fingerprint density at radius 3 is 2.43 bits per heavy atom. The zero-order valence-corrected chi connectivity index (χ0v) is 15.3. The second-order valence-corrected chi connectivity index (χ2v) is 6.56. The van der Waals surface area contributed by atoms with E-state index in [9.17, 15) is 4.79 Å². The van der Waals surface area contributed by atoms with E-state index in [2.05, 4.69) is 32.8 Å². The number of nitrogens with zero attached hydrogens (tertiary/aromatic N) is 2. The number of piperidine rings is 1. The molecule has 0 bridgehead atoms. The normalized spacial score (nSPS) is 17.3. The Labute approximate surface area is 141 Å². The fraction of sp³-hybridized carbons (Fsp3) is 0.882. The first-order valence-electron chi connectivity index (χ1n) is 9.04. The van der Waals surface area contributed by atoms with Gasteiger partial charge in [0.2, 0.25) is 5.91 Å². The van der Waals surface area contributed by atoms with Crippen molar-refractivity contribution in [2.24, 2.45) is 10.9 Å². The minimum absolute atomic E-state index is 0.0327. The molecule has 0 aromatic carbocycles. The number of hydrogen-bond acceptors (Lipinski definition) is 3. The fourth-order valence-electron chi connectivity index (χ4n) is 2.64. The maximum Gasteiger partial charge on any atom is 0.222 e. The topological polar surface area (TPSA) is 68.8 Å². The number of guanidine groups is 1. The van der Waals surface area contributed by atoms with Gasteiger partial charge in [-0.05, 0) is 25.8 Å². The van der Waals surface area contributed by atoms with Crippen molar-refractivity contribution >= 4 is 11.9 Å². The van der Waals surface area contributed by atoms with Crippen molar-refractivity contribution in [1.29, 1.82) is 0 Å². The average molecular weight is 326 g/mol. The van der Waals surface area contributed by atoms with Gasteiger partial charge in [-0.25, -0.2) is 0 Å². The number of likely N-dealkylation sites (tertiary alicyclic amines) is 1. The van der Waals surface area contributed by atoms with E-state index in [1.165, 1.54) is 32.5 Å². The van der Waals surface area contributed by atoms with Crippen LogP contribution in [0.2, 0.25) is 0 Å². The highest BCUT2D eigenvalue weighted by Crippen LogP contribution is 2.10. The van der Waals surface area contributed by atoms with E-state index in [0.717, 1.165) is 18.8 Å². The van der Waals surface area contributed by atoms with Gasteiger partial charge in [0.05, 0.1) is 0 Å². The first-order chi connectivity index (χ1) is 11.1. The van der Waals surface area contributed by atoms with Crippen LogP contribution in [-0.2, 0) is 4.79 Å². The van der Waals surface area contributed by atoms with E-state index in [1.807, 2.05) is 13.8 Å². The molecule has 0 saturated carbocycles. The molecule has 134 valence electrons. The second kappa shape index (κ2) is 11.3. The monoisotopic (exact) mass is 325 g/mol. The molecule has 0 aromatic heterocycles. The predicted octanol–water partition coefficient (Wildman–Crippen LogP) is 1.19. The molecule has 0 atom stereocenters. The summed E-state index contributed by atoms with van der Waals surface area (Å²) in [6.07, 6.45) is 4.88. The summed E-state index contributed by atoms with van der Waals surface area (Å²) in [5.74, 6) is 0.954.